The normalized spacial score (nSPS) is 14.6. The van der Waals surface area contributed by atoms with E-state index in [1.807, 2.05) is 30.0 Å². The first-order chi connectivity index (χ1) is 11.9. The minimum Gasteiger partial charge on any atom is -0.384 e. The van der Waals surface area contributed by atoms with Gasteiger partial charge in [-0.15, -0.1) is 0 Å². The van der Waals surface area contributed by atoms with Gasteiger partial charge in [0.15, 0.2) is 0 Å². The van der Waals surface area contributed by atoms with Crippen LogP contribution < -0.4 is 0 Å². The molecule has 6 heteroatoms. The number of carbonyl (C=O) groups is 1. The highest BCUT2D eigenvalue weighted by atomic mass is 16.3. The zero-order valence-corrected chi connectivity index (χ0v) is 15.1. The van der Waals surface area contributed by atoms with Gasteiger partial charge in [-0.1, -0.05) is 18.2 Å². The zero-order valence-electron chi connectivity index (χ0n) is 15.1. The molecule has 134 valence electrons. The maximum Gasteiger partial charge on any atom is 0.254 e. The molecule has 3 rings (SSSR count). The van der Waals surface area contributed by atoms with Crippen molar-refractivity contribution in [2.24, 2.45) is 0 Å². The number of carbonyl (C=O) groups excluding carboxylic acids is 1. The number of aliphatic hydroxyl groups is 1. The molecule has 1 amide bonds. The number of aromatic nitrogens is 3. The summed E-state index contributed by atoms with van der Waals surface area (Å²) in [4.78, 5) is 16.3. The van der Waals surface area contributed by atoms with Gasteiger partial charge in [-0.2, -0.15) is 15.0 Å². The summed E-state index contributed by atoms with van der Waals surface area (Å²) in [6.07, 6.45) is 3.92. The number of benzene rings is 1. The predicted octanol–water partition coefficient (Wildman–Crippen LogP) is 2.55. The minimum absolute atomic E-state index is 0.0693. The fourth-order valence-electron chi connectivity index (χ4n) is 2.91. The lowest BCUT2D eigenvalue weighted by atomic mass is 10.0. The lowest BCUT2D eigenvalue weighted by Gasteiger charge is -2.22. The third-order valence-electron chi connectivity index (χ3n) is 4.61. The Bertz CT molecular complexity index is 744. The molecular weight excluding hydrogens is 316 g/mol. The van der Waals surface area contributed by atoms with Crippen molar-refractivity contribution in [3.05, 3.63) is 47.3 Å². The fourth-order valence-corrected chi connectivity index (χ4v) is 2.91. The molecule has 0 bridgehead atoms. The number of likely N-dealkylation sites (N-methyl/N-ethyl adjacent to an activating group) is 1. The molecule has 1 aromatic carbocycles. The van der Waals surface area contributed by atoms with E-state index in [-0.39, 0.29) is 5.91 Å². The summed E-state index contributed by atoms with van der Waals surface area (Å²) >= 11 is 0. The highest BCUT2D eigenvalue weighted by molar-refractivity contribution is 5.96. The lowest BCUT2D eigenvalue weighted by Crippen LogP contribution is -2.34. The second kappa shape index (κ2) is 6.96. The molecule has 1 aromatic heterocycles. The number of hydrogen-bond acceptors (Lipinski definition) is 4. The van der Waals surface area contributed by atoms with Gasteiger partial charge in [-0.05, 0) is 51.2 Å². The van der Waals surface area contributed by atoms with Crippen molar-refractivity contribution in [1.82, 2.24) is 19.9 Å². The standard InChI is InChI=1S/C19H26N4O2/c1-4-22(11-12-23-20-13-17(21-23)19(2,3)25)18(24)16-8-6-5-7-15(16)14-9-10-14/h5-8,13-14,25H,4,9-12H2,1-3H3. The molecule has 25 heavy (non-hydrogen) atoms. The Kier molecular flexibility index (Phi) is 4.90. The third kappa shape index (κ3) is 4.07. The van der Waals surface area contributed by atoms with E-state index in [1.165, 1.54) is 23.2 Å². The first-order valence-corrected chi connectivity index (χ1v) is 8.91. The van der Waals surface area contributed by atoms with Gasteiger partial charge in [-0.25, -0.2) is 0 Å². The number of amides is 1. The van der Waals surface area contributed by atoms with Crippen LogP contribution in [-0.4, -0.2) is 44.0 Å². The molecule has 0 aliphatic heterocycles. The average Bonchev–Trinajstić information content (AvgIpc) is 3.31. The monoisotopic (exact) mass is 342 g/mol. The summed E-state index contributed by atoms with van der Waals surface area (Å²) in [5, 5.41) is 18.4. The van der Waals surface area contributed by atoms with Gasteiger partial charge in [0.2, 0.25) is 0 Å². The summed E-state index contributed by atoms with van der Waals surface area (Å²) in [6, 6.07) is 7.94. The van der Waals surface area contributed by atoms with Crippen LogP contribution in [0.15, 0.2) is 30.5 Å². The van der Waals surface area contributed by atoms with Crippen LogP contribution in [0.3, 0.4) is 0 Å². The van der Waals surface area contributed by atoms with E-state index >= 15 is 0 Å². The maximum atomic E-state index is 13.0. The average molecular weight is 342 g/mol. The highest BCUT2D eigenvalue weighted by Gasteiger charge is 2.29. The van der Waals surface area contributed by atoms with Crippen LogP contribution in [0.4, 0.5) is 0 Å². The Morgan fingerprint density at radius 3 is 2.68 bits per heavy atom. The minimum atomic E-state index is -1.01. The van der Waals surface area contributed by atoms with E-state index in [2.05, 4.69) is 16.3 Å². The van der Waals surface area contributed by atoms with Gasteiger partial charge in [0.1, 0.15) is 11.3 Å². The number of rotatable bonds is 7. The molecule has 2 aromatic rings. The molecule has 0 spiro atoms. The Balaban J connectivity index is 1.68. The van der Waals surface area contributed by atoms with Crippen LogP contribution in [-0.2, 0) is 12.1 Å². The van der Waals surface area contributed by atoms with Crippen LogP contribution in [0.2, 0.25) is 0 Å². The molecule has 6 nitrogen and oxygen atoms in total. The maximum absolute atomic E-state index is 13.0. The molecule has 1 aliphatic carbocycles. The summed E-state index contributed by atoms with van der Waals surface area (Å²) < 4.78 is 0. The summed E-state index contributed by atoms with van der Waals surface area (Å²) in [7, 11) is 0. The van der Waals surface area contributed by atoms with Gasteiger partial charge in [-0.3, -0.25) is 4.79 Å². The molecule has 1 saturated carbocycles. The number of hydrogen-bond donors (Lipinski definition) is 1. The predicted molar refractivity (Wildman–Crippen MR) is 95.3 cm³/mol. The van der Waals surface area contributed by atoms with Crippen molar-refractivity contribution >= 4 is 5.91 Å². The summed E-state index contributed by atoms with van der Waals surface area (Å²) in [5.41, 5.74) is 1.51. The lowest BCUT2D eigenvalue weighted by molar-refractivity contribution is 0.0714. The SMILES string of the molecule is CCN(CCn1ncc(C(C)(C)O)n1)C(=O)c1ccccc1C1CC1. The second-order valence-corrected chi connectivity index (χ2v) is 7.13. The van der Waals surface area contributed by atoms with E-state index in [4.69, 9.17) is 0 Å². The molecule has 0 unspecified atom stereocenters. The molecule has 1 fully saturated rings. The first-order valence-electron chi connectivity index (χ1n) is 8.91. The summed E-state index contributed by atoms with van der Waals surface area (Å²) in [6.45, 7) is 7.01. The zero-order chi connectivity index (χ0) is 18.0. The largest absolute Gasteiger partial charge is 0.384 e. The van der Waals surface area contributed by atoms with Crippen molar-refractivity contribution in [3.8, 4) is 0 Å². The van der Waals surface area contributed by atoms with E-state index in [9.17, 15) is 9.90 Å². The van der Waals surface area contributed by atoms with Crippen molar-refractivity contribution < 1.29 is 9.90 Å². The van der Waals surface area contributed by atoms with Crippen LogP contribution in [0.25, 0.3) is 0 Å². The van der Waals surface area contributed by atoms with E-state index < -0.39 is 5.60 Å². The van der Waals surface area contributed by atoms with E-state index in [0.29, 0.717) is 31.2 Å². The Morgan fingerprint density at radius 2 is 2.08 bits per heavy atom. The van der Waals surface area contributed by atoms with Crippen molar-refractivity contribution in [2.45, 2.75) is 51.7 Å². The Labute approximate surface area is 148 Å². The molecule has 0 radical (unpaired) electrons. The van der Waals surface area contributed by atoms with Gasteiger partial charge in [0.25, 0.3) is 5.91 Å². The molecular formula is C19H26N4O2. The second-order valence-electron chi connectivity index (χ2n) is 7.13. The van der Waals surface area contributed by atoms with Crippen LogP contribution in [0.1, 0.15) is 61.1 Å². The van der Waals surface area contributed by atoms with Gasteiger partial charge in [0, 0.05) is 18.7 Å². The molecule has 0 saturated heterocycles. The molecule has 1 aliphatic rings. The molecule has 0 atom stereocenters. The van der Waals surface area contributed by atoms with Crippen LogP contribution in [0, 0.1) is 0 Å². The van der Waals surface area contributed by atoms with Gasteiger partial charge >= 0.3 is 0 Å². The number of nitrogens with zero attached hydrogens (tertiary/aromatic N) is 4. The van der Waals surface area contributed by atoms with Crippen molar-refractivity contribution in [2.75, 3.05) is 13.1 Å². The Hall–Kier alpha value is -2.21. The van der Waals surface area contributed by atoms with E-state index in [0.717, 1.165) is 5.56 Å². The Morgan fingerprint density at radius 1 is 1.36 bits per heavy atom. The molecule has 1 heterocycles. The highest BCUT2D eigenvalue weighted by Crippen LogP contribution is 2.41. The van der Waals surface area contributed by atoms with Crippen molar-refractivity contribution in [3.63, 3.8) is 0 Å². The van der Waals surface area contributed by atoms with Crippen molar-refractivity contribution in [1.29, 1.82) is 0 Å². The van der Waals surface area contributed by atoms with Crippen LogP contribution in [0.5, 0.6) is 0 Å². The molecule has 1 N–H and O–H groups in total. The van der Waals surface area contributed by atoms with E-state index in [1.54, 1.807) is 20.0 Å². The smallest absolute Gasteiger partial charge is 0.254 e. The quantitative estimate of drug-likeness (QED) is 0.839. The fraction of sp³-hybridized carbons (Fsp3) is 0.526. The van der Waals surface area contributed by atoms with Gasteiger partial charge in [0.05, 0.1) is 12.7 Å². The first kappa shape index (κ1) is 17.6. The van der Waals surface area contributed by atoms with Crippen LogP contribution >= 0.6 is 0 Å². The van der Waals surface area contributed by atoms with Gasteiger partial charge < -0.3 is 10.0 Å². The topological polar surface area (TPSA) is 71.2 Å². The third-order valence-corrected chi connectivity index (χ3v) is 4.61. The summed E-state index contributed by atoms with van der Waals surface area (Å²) in [5.74, 6) is 0.612.